The zero-order valence-corrected chi connectivity index (χ0v) is 65.8. The molecule has 34 nitrogen and oxygen atoms in total. The first-order chi connectivity index (χ1) is 48.3. The van der Waals surface area contributed by atoms with Crippen LogP contribution in [0.4, 0.5) is 5.69 Å². The van der Waals surface area contributed by atoms with Crippen molar-refractivity contribution < 1.29 is 119 Å². The summed E-state index contributed by atoms with van der Waals surface area (Å²) in [4.78, 5) is 105. The summed E-state index contributed by atoms with van der Waals surface area (Å²) in [5, 5.41) is 119. The van der Waals surface area contributed by atoms with Gasteiger partial charge in [0.25, 0.3) is 11.8 Å². The third-order valence-corrected chi connectivity index (χ3v) is 16.0. The fourth-order valence-electron chi connectivity index (χ4n) is 9.92. The number of phenols is 3. The molecule has 41 heteroatoms. The molecule has 0 aromatic heterocycles. The lowest BCUT2D eigenvalue weighted by Crippen LogP contribution is -2.36. The van der Waals surface area contributed by atoms with E-state index in [-0.39, 0.29) is 135 Å². The standard InChI is InChI=1S/C12H13NO7.C12H13NO3.C10H13NO4.C9H10ClNO3.C9H10N2O4.C8H16N2O2.C8H15NO2.6H2S/c13-8(10(14)15)5-6-1-3-7(4-2-6)20-9(11(16)17)12(18)19;13-11(12(15)16)5-8-2-1-7-3-4-9(14)6-10(7)8;1-15-8-4-2-3-6(9(8)12)5-7(11)10(13)14;10-7-4-6(12)2-1-5(7)3-8(11)9(13)14;10-8(9(12)13)5-6-1-3-7(4-2-6)11(14)15;9-7(8(11)12)5-6-1-3-10-4-2-6;9-7(8(10)11)5-6-3-1-2-4-6;;;;;;/h1-4,8-9H,5,13H2,(H,14,15)(H,16,17)(H,18,19);2-4,6,11,14H,1,5,13H2,(H,15,16);2-4,7,12H,5,11H2,1H3,(H,13,14);1-2,4,8,12H,3,11H2,(H,13,14);1-4,8H,5,10H2,(H,12,13);6-7,10H,1-5,9H2,(H,11,12);6-7H,1-5,9H2,(H,10,11);6*1H2/t8-;;;2*8-;2*7-;;;;;;/m0..0000....../s1. The fourth-order valence-corrected chi connectivity index (χ4v) is 10.2. The van der Waals surface area contributed by atoms with Gasteiger partial charge in [-0.3, -0.25) is 43.7 Å². The number of nitrogens with two attached hydrogens (primary N) is 7. The number of piperidine rings is 1. The molecule has 612 valence electrons. The van der Waals surface area contributed by atoms with Gasteiger partial charge in [-0.05, 0) is 164 Å². The molecule has 27 N–H and O–H groups in total. The predicted molar refractivity (Wildman–Crippen MR) is 435 cm³/mol. The van der Waals surface area contributed by atoms with Crippen molar-refractivity contribution in [3.63, 3.8) is 0 Å². The van der Waals surface area contributed by atoms with Crippen LogP contribution >= 0.6 is 92.6 Å². The van der Waals surface area contributed by atoms with Crippen LogP contribution in [-0.4, -0.2) is 189 Å². The number of aromatic hydroxyl groups is 3. The summed E-state index contributed by atoms with van der Waals surface area (Å²) in [5.74, 6) is -8.78. The zero-order chi connectivity index (χ0) is 77.8. The summed E-state index contributed by atoms with van der Waals surface area (Å²) in [7, 11) is 1.43. The molecule has 2 fully saturated rings. The van der Waals surface area contributed by atoms with E-state index in [0.717, 1.165) is 49.1 Å². The van der Waals surface area contributed by atoms with Crippen LogP contribution in [0.15, 0.2) is 109 Å². The number of nitrogens with one attached hydrogen (secondary N) is 1. The first kappa shape index (κ1) is 109. The number of ether oxygens (including phenoxy) is 2. The number of phenolic OH excluding ortho intramolecular Hbond substituents is 3. The van der Waals surface area contributed by atoms with Crippen molar-refractivity contribution in [2.24, 2.45) is 52.0 Å². The molecular weight excluding hydrogens is 1570 g/mol. The van der Waals surface area contributed by atoms with Crippen LogP contribution in [-0.2, 0) is 75.3 Å². The summed E-state index contributed by atoms with van der Waals surface area (Å²) in [6, 6.07) is 19.4. The van der Waals surface area contributed by atoms with Crippen molar-refractivity contribution in [3.05, 3.63) is 158 Å². The summed E-state index contributed by atoms with van der Waals surface area (Å²) >= 11 is 5.77. The molecule has 0 radical (unpaired) electrons. The number of benzene rings is 5. The first-order valence-electron chi connectivity index (χ1n) is 31.7. The van der Waals surface area contributed by atoms with Crippen molar-refractivity contribution >= 4 is 158 Å². The smallest absolute Gasteiger partial charge is 0.356 e. The van der Waals surface area contributed by atoms with Crippen LogP contribution in [0.3, 0.4) is 0 Å². The van der Waals surface area contributed by atoms with Gasteiger partial charge in [-0.2, -0.15) is 81.0 Å². The Balaban J connectivity index is -0.000000385. The average Bonchev–Trinajstić information content (AvgIpc) is 1.64. The number of para-hydroxylation sites is 1. The SMILES string of the molecule is COc1cccc(CC(N)C(=O)O)c1O.NC(CC1=CCc2ccc(O)cc21)C(=O)O.N[C@@H](CC1CCCC1)C(=O)O.N[C@@H](CC1CCNCC1)C(=O)O.N[C@@H](Cc1ccc(O)cc1Cl)C(=O)O.N[C@@H](Cc1ccc(OC(C(=O)O)C(=O)O)cc1)C(=O)O.N[C@@H](Cc1ccc([N+](=O)[O-])cc1)C(=O)O.S.S.S.S.S.S. The summed E-state index contributed by atoms with van der Waals surface area (Å²) < 4.78 is 9.69. The number of fused-ring (bicyclic) bond motifs is 1. The van der Waals surface area contributed by atoms with Crippen LogP contribution < -0.4 is 54.9 Å². The molecular formula is C68H102ClN9O25S6. The number of rotatable bonds is 27. The van der Waals surface area contributed by atoms with Crippen molar-refractivity contribution in [3.8, 4) is 28.7 Å². The molecule has 5 aromatic rings. The Bertz CT molecular complexity index is 3670. The maximum atomic E-state index is 10.7. The molecule has 1 saturated heterocycles. The summed E-state index contributed by atoms with van der Waals surface area (Å²) in [6.07, 6.45) is 9.74. The average molecular weight is 1670 g/mol. The lowest BCUT2D eigenvalue weighted by Gasteiger charge is -2.23. The minimum absolute atomic E-state index is 0. The van der Waals surface area contributed by atoms with Crippen LogP contribution in [0.5, 0.6) is 28.7 Å². The maximum Gasteiger partial charge on any atom is 0.356 e. The molecule has 1 heterocycles. The van der Waals surface area contributed by atoms with Gasteiger partial charge in [-0.25, -0.2) is 9.59 Å². The fraction of sp³-hybridized carbons (Fsp3) is 0.397. The van der Waals surface area contributed by atoms with Crippen molar-refractivity contribution in [2.75, 3.05) is 20.2 Å². The van der Waals surface area contributed by atoms with E-state index in [0.29, 0.717) is 64.1 Å². The number of methoxy groups -OCH3 is 1. The number of allylic oxidation sites excluding steroid dienone is 1. The number of hydrogen-bond acceptors (Lipinski definition) is 24. The number of hydrogen-bond donors (Lipinski definition) is 20. The van der Waals surface area contributed by atoms with E-state index in [4.69, 9.17) is 112 Å². The van der Waals surface area contributed by atoms with Crippen molar-refractivity contribution in [1.29, 1.82) is 0 Å². The Morgan fingerprint density at radius 2 is 0.890 bits per heavy atom. The van der Waals surface area contributed by atoms with E-state index in [9.17, 15) is 63.5 Å². The highest BCUT2D eigenvalue weighted by molar-refractivity contribution is 7.60. The number of non-ortho nitro benzene ring substituents is 1. The molecule has 0 spiro atoms. The molecule has 2 unspecified atom stereocenters. The third kappa shape index (κ3) is 42.3. The molecule has 1 saturated carbocycles. The van der Waals surface area contributed by atoms with Crippen molar-refractivity contribution in [2.45, 2.75) is 138 Å². The third-order valence-electron chi connectivity index (χ3n) is 15.7. The number of carboxylic acids is 9. The van der Waals surface area contributed by atoms with Gasteiger partial charge in [0.1, 0.15) is 59.5 Å². The van der Waals surface area contributed by atoms with E-state index in [1.807, 2.05) is 12.1 Å². The normalized spacial score (nSPS) is 14.0. The number of halogens is 1. The Morgan fingerprint density at radius 3 is 1.30 bits per heavy atom. The highest BCUT2D eigenvalue weighted by Crippen LogP contribution is 2.34. The minimum atomic E-state index is -2.00. The highest BCUT2D eigenvalue weighted by atomic mass is 35.5. The van der Waals surface area contributed by atoms with E-state index >= 15 is 0 Å². The largest absolute Gasteiger partial charge is 0.508 e. The Kier molecular flexibility index (Phi) is 56.8. The zero-order valence-electron chi connectivity index (χ0n) is 59.0. The van der Waals surface area contributed by atoms with E-state index in [1.54, 1.807) is 36.4 Å². The second kappa shape index (κ2) is 56.7. The molecule has 109 heavy (non-hydrogen) atoms. The Labute approximate surface area is 674 Å². The van der Waals surface area contributed by atoms with Gasteiger partial charge in [-0.1, -0.05) is 91.9 Å². The molecule has 1 aliphatic heterocycles. The molecule has 8 rings (SSSR count). The Hall–Kier alpha value is -8.46. The number of carboxylic acid groups (broad SMARTS) is 9. The summed E-state index contributed by atoms with van der Waals surface area (Å²) in [5.41, 5.74) is 42.9. The van der Waals surface area contributed by atoms with Gasteiger partial charge < -0.3 is 116 Å². The van der Waals surface area contributed by atoms with Crippen LogP contribution in [0, 0.1) is 22.0 Å². The number of aliphatic carboxylic acids is 9. The first-order valence-corrected chi connectivity index (χ1v) is 32.1. The van der Waals surface area contributed by atoms with E-state index in [1.165, 1.54) is 93.5 Å². The van der Waals surface area contributed by atoms with E-state index < -0.39 is 107 Å². The topological polar surface area (TPSA) is 652 Å². The van der Waals surface area contributed by atoms with Crippen LogP contribution in [0.25, 0.3) is 5.57 Å². The minimum Gasteiger partial charge on any atom is -0.508 e. The van der Waals surface area contributed by atoms with E-state index in [2.05, 4.69) is 5.32 Å². The van der Waals surface area contributed by atoms with Crippen LogP contribution in [0.1, 0.15) is 91.2 Å². The van der Waals surface area contributed by atoms with Gasteiger partial charge in [0.05, 0.1) is 12.0 Å². The lowest BCUT2D eigenvalue weighted by atomic mass is 9.91. The van der Waals surface area contributed by atoms with Crippen molar-refractivity contribution in [1.82, 2.24) is 5.32 Å². The monoisotopic (exact) mass is 1670 g/mol. The quantitative estimate of drug-likeness (QED) is 0.0200. The molecule has 0 bridgehead atoms. The second-order valence-electron chi connectivity index (χ2n) is 23.7. The highest BCUT2D eigenvalue weighted by Gasteiger charge is 2.29. The lowest BCUT2D eigenvalue weighted by molar-refractivity contribution is -0.384. The number of nitro benzene ring substituents is 1. The number of nitrogens with zero attached hydrogens (tertiary/aromatic N) is 1. The van der Waals surface area contributed by atoms with Crippen LogP contribution in [0.2, 0.25) is 5.02 Å². The summed E-state index contributed by atoms with van der Waals surface area (Å²) in [6.45, 7) is 1.99. The molecule has 7 atom stereocenters. The number of nitro groups is 1. The molecule has 5 aromatic carbocycles. The molecule has 0 amide bonds. The predicted octanol–water partition coefficient (Wildman–Crippen LogP) is 4.04. The van der Waals surface area contributed by atoms with Gasteiger partial charge in [0, 0.05) is 23.6 Å². The maximum absolute atomic E-state index is 10.7. The molecule has 3 aliphatic rings. The molecule has 2 aliphatic carbocycles. The number of carbonyl (C=O) groups is 9. The van der Waals surface area contributed by atoms with Gasteiger partial charge in [-0.15, -0.1) is 0 Å². The van der Waals surface area contributed by atoms with Gasteiger partial charge in [0.15, 0.2) is 11.5 Å². The second-order valence-corrected chi connectivity index (χ2v) is 24.1. The Morgan fingerprint density at radius 1 is 0.495 bits per heavy atom. The van der Waals surface area contributed by atoms with Gasteiger partial charge in [0.2, 0.25) is 0 Å². The van der Waals surface area contributed by atoms with Gasteiger partial charge >= 0.3 is 53.7 Å².